The van der Waals surface area contributed by atoms with Gasteiger partial charge in [0.1, 0.15) is 0 Å². The SMILES string of the molecule is CONC(=O)CCCCc1cccs1. The predicted octanol–water partition coefficient (Wildman–Crippen LogP) is 2.14. The van der Waals surface area contributed by atoms with Crippen molar-refractivity contribution in [3.63, 3.8) is 0 Å². The highest BCUT2D eigenvalue weighted by atomic mass is 32.1. The molecule has 0 spiro atoms. The Hall–Kier alpha value is -0.870. The third kappa shape index (κ3) is 4.39. The number of amides is 1. The Balaban J connectivity index is 2.02. The van der Waals surface area contributed by atoms with Crippen molar-refractivity contribution in [2.24, 2.45) is 0 Å². The molecule has 1 heterocycles. The lowest BCUT2D eigenvalue weighted by molar-refractivity contribution is -0.131. The minimum Gasteiger partial charge on any atom is -0.277 e. The Morgan fingerprint density at radius 2 is 2.43 bits per heavy atom. The zero-order chi connectivity index (χ0) is 10.2. The monoisotopic (exact) mass is 213 g/mol. The first-order valence-corrected chi connectivity index (χ1v) is 5.55. The molecule has 0 aliphatic rings. The highest BCUT2D eigenvalue weighted by Crippen LogP contribution is 2.12. The summed E-state index contributed by atoms with van der Waals surface area (Å²) in [5, 5.41) is 2.08. The van der Waals surface area contributed by atoms with Crippen LogP contribution in [0.1, 0.15) is 24.1 Å². The van der Waals surface area contributed by atoms with Gasteiger partial charge in [0.05, 0.1) is 7.11 Å². The van der Waals surface area contributed by atoms with Crippen LogP contribution in [-0.2, 0) is 16.1 Å². The van der Waals surface area contributed by atoms with Crippen LogP contribution < -0.4 is 5.48 Å². The van der Waals surface area contributed by atoms with E-state index in [1.165, 1.54) is 12.0 Å². The standard InChI is InChI=1S/C10H15NO2S/c1-13-11-10(12)7-3-2-5-9-6-4-8-14-9/h4,6,8H,2-3,5,7H2,1H3,(H,11,12). The van der Waals surface area contributed by atoms with E-state index in [-0.39, 0.29) is 5.91 Å². The summed E-state index contributed by atoms with van der Waals surface area (Å²) in [7, 11) is 1.45. The zero-order valence-electron chi connectivity index (χ0n) is 8.29. The summed E-state index contributed by atoms with van der Waals surface area (Å²) in [6.07, 6.45) is 3.57. The van der Waals surface area contributed by atoms with Crippen molar-refractivity contribution >= 4 is 17.2 Å². The van der Waals surface area contributed by atoms with E-state index in [2.05, 4.69) is 27.8 Å². The highest BCUT2D eigenvalue weighted by Gasteiger charge is 2.00. The van der Waals surface area contributed by atoms with Crippen LogP contribution in [0.4, 0.5) is 0 Å². The molecular formula is C10H15NO2S. The lowest BCUT2D eigenvalue weighted by Crippen LogP contribution is -2.21. The van der Waals surface area contributed by atoms with E-state index in [1.807, 2.05) is 0 Å². The minimum absolute atomic E-state index is 0.0429. The second-order valence-electron chi connectivity index (χ2n) is 3.02. The van der Waals surface area contributed by atoms with Crippen LogP contribution in [-0.4, -0.2) is 13.0 Å². The number of nitrogens with one attached hydrogen (secondary N) is 1. The van der Waals surface area contributed by atoms with E-state index >= 15 is 0 Å². The van der Waals surface area contributed by atoms with Gasteiger partial charge in [-0.05, 0) is 30.7 Å². The van der Waals surface area contributed by atoms with Gasteiger partial charge in [0.25, 0.3) is 0 Å². The Bertz CT molecular complexity index is 259. The molecule has 1 aromatic heterocycles. The number of hydrogen-bond acceptors (Lipinski definition) is 3. The van der Waals surface area contributed by atoms with Crippen molar-refractivity contribution in [1.29, 1.82) is 0 Å². The lowest BCUT2D eigenvalue weighted by atomic mass is 10.2. The van der Waals surface area contributed by atoms with Crippen molar-refractivity contribution in [2.45, 2.75) is 25.7 Å². The van der Waals surface area contributed by atoms with Crippen LogP contribution >= 0.6 is 11.3 Å². The third-order valence-corrected chi connectivity index (χ3v) is 2.81. The van der Waals surface area contributed by atoms with Crippen LogP contribution in [0.25, 0.3) is 0 Å². The third-order valence-electron chi connectivity index (χ3n) is 1.87. The van der Waals surface area contributed by atoms with Crippen LogP contribution in [0, 0.1) is 0 Å². The largest absolute Gasteiger partial charge is 0.277 e. The smallest absolute Gasteiger partial charge is 0.243 e. The lowest BCUT2D eigenvalue weighted by Gasteiger charge is -2.00. The molecular weight excluding hydrogens is 198 g/mol. The van der Waals surface area contributed by atoms with Crippen LogP contribution in [0.3, 0.4) is 0 Å². The molecule has 1 aromatic rings. The van der Waals surface area contributed by atoms with Gasteiger partial charge in [0, 0.05) is 11.3 Å². The Kier molecular flexibility index (Phi) is 5.25. The molecule has 0 saturated carbocycles. The molecule has 78 valence electrons. The second kappa shape index (κ2) is 6.56. The van der Waals surface area contributed by atoms with Gasteiger partial charge in [-0.15, -0.1) is 11.3 Å². The maximum Gasteiger partial charge on any atom is 0.243 e. The summed E-state index contributed by atoms with van der Waals surface area (Å²) < 4.78 is 0. The fourth-order valence-electron chi connectivity index (χ4n) is 1.20. The van der Waals surface area contributed by atoms with Crippen LogP contribution in [0.5, 0.6) is 0 Å². The zero-order valence-corrected chi connectivity index (χ0v) is 9.10. The fourth-order valence-corrected chi connectivity index (χ4v) is 1.96. The first kappa shape index (κ1) is 11.2. The molecule has 4 heteroatoms. The molecule has 0 radical (unpaired) electrons. The predicted molar refractivity (Wildman–Crippen MR) is 57.0 cm³/mol. The molecule has 0 aromatic carbocycles. The van der Waals surface area contributed by atoms with Crippen LogP contribution in [0.2, 0.25) is 0 Å². The van der Waals surface area contributed by atoms with Crippen molar-refractivity contribution in [3.8, 4) is 0 Å². The van der Waals surface area contributed by atoms with E-state index in [0.29, 0.717) is 6.42 Å². The number of hydroxylamine groups is 1. The van der Waals surface area contributed by atoms with Crippen molar-refractivity contribution in [3.05, 3.63) is 22.4 Å². The summed E-state index contributed by atoms with van der Waals surface area (Å²) >= 11 is 1.77. The molecule has 0 atom stereocenters. The normalized spacial score (nSPS) is 10.1. The maximum atomic E-state index is 11.0. The van der Waals surface area contributed by atoms with E-state index in [0.717, 1.165) is 19.3 Å². The summed E-state index contributed by atoms with van der Waals surface area (Å²) in [6.45, 7) is 0. The number of carbonyl (C=O) groups excluding carboxylic acids is 1. The number of unbranched alkanes of at least 4 members (excludes halogenated alkanes) is 1. The molecule has 0 aliphatic carbocycles. The fraction of sp³-hybridized carbons (Fsp3) is 0.500. The molecule has 3 nitrogen and oxygen atoms in total. The average Bonchev–Trinajstić information content (AvgIpc) is 2.65. The van der Waals surface area contributed by atoms with E-state index in [1.54, 1.807) is 11.3 Å². The van der Waals surface area contributed by atoms with E-state index < -0.39 is 0 Å². The molecule has 1 N–H and O–H groups in total. The molecule has 0 aliphatic heterocycles. The molecule has 0 fully saturated rings. The molecule has 0 saturated heterocycles. The minimum atomic E-state index is -0.0429. The van der Waals surface area contributed by atoms with Gasteiger partial charge in [-0.25, -0.2) is 5.48 Å². The first-order valence-electron chi connectivity index (χ1n) is 4.67. The van der Waals surface area contributed by atoms with Crippen molar-refractivity contribution < 1.29 is 9.63 Å². The van der Waals surface area contributed by atoms with Gasteiger partial charge in [-0.3, -0.25) is 9.63 Å². The summed E-state index contributed by atoms with van der Waals surface area (Å²) in [5.74, 6) is -0.0429. The van der Waals surface area contributed by atoms with Crippen molar-refractivity contribution in [2.75, 3.05) is 7.11 Å². The van der Waals surface area contributed by atoms with Gasteiger partial charge in [-0.1, -0.05) is 6.07 Å². The molecule has 0 bridgehead atoms. The first-order chi connectivity index (χ1) is 6.83. The molecule has 1 rings (SSSR count). The maximum absolute atomic E-state index is 11.0. The van der Waals surface area contributed by atoms with Crippen LogP contribution in [0.15, 0.2) is 17.5 Å². The number of carbonyl (C=O) groups is 1. The quantitative estimate of drug-likeness (QED) is 0.581. The number of thiophene rings is 1. The van der Waals surface area contributed by atoms with E-state index in [9.17, 15) is 4.79 Å². The summed E-state index contributed by atoms with van der Waals surface area (Å²) in [5.41, 5.74) is 2.30. The van der Waals surface area contributed by atoms with Gasteiger partial charge in [-0.2, -0.15) is 0 Å². The average molecular weight is 213 g/mol. The Morgan fingerprint density at radius 1 is 1.57 bits per heavy atom. The summed E-state index contributed by atoms with van der Waals surface area (Å²) in [4.78, 5) is 16.9. The van der Waals surface area contributed by atoms with Gasteiger partial charge in [0.15, 0.2) is 0 Å². The summed E-state index contributed by atoms with van der Waals surface area (Å²) in [6, 6.07) is 4.18. The molecule has 14 heavy (non-hydrogen) atoms. The van der Waals surface area contributed by atoms with Gasteiger partial charge >= 0.3 is 0 Å². The topological polar surface area (TPSA) is 38.3 Å². The number of hydrogen-bond donors (Lipinski definition) is 1. The van der Waals surface area contributed by atoms with Gasteiger partial charge < -0.3 is 0 Å². The van der Waals surface area contributed by atoms with Gasteiger partial charge in [0.2, 0.25) is 5.91 Å². The molecule has 1 amide bonds. The second-order valence-corrected chi connectivity index (χ2v) is 4.05. The van der Waals surface area contributed by atoms with Crippen molar-refractivity contribution in [1.82, 2.24) is 5.48 Å². The number of rotatable bonds is 6. The molecule has 0 unspecified atom stereocenters. The van der Waals surface area contributed by atoms with E-state index in [4.69, 9.17) is 0 Å². The number of aryl methyl sites for hydroxylation is 1. The Morgan fingerprint density at radius 3 is 3.07 bits per heavy atom. The Labute approximate surface area is 88.0 Å². The highest BCUT2D eigenvalue weighted by molar-refractivity contribution is 7.09.